The van der Waals surface area contributed by atoms with Crippen molar-refractivity contribution in [1.82, 2.24) is 4.98 Å². The van der Waals surface area contributed by atoms with E-state index < -0.39 is 9.84 Å². The van der Waals surface area contributed by atoms with Crippen molar-refractivity contribution >= 4 is 43.8 Å². The number of hydrogen-bond donors (Lipinski definition) is 2. The Balaban J connectivity index is 1.76. The maximum absolute atomic E-state index is 12.4. The highest BCUT2D eigenvalue weighted by atomic mass is 32.2. The second kappa shape index (κ2) is 7.91. The number of carbonyl (C=O) groups is 2. The van der Waals surface area contributed by atoms with Crippen molar-refractivity contribution in [3.05, 3.63) is 59.5 Å². The first kappa shape index (κ1) is 19.7. The summed E-state index contributed by atoms with van der Waals surface area (Å²) in [6, 6.07) is 12.9. The van der Waals surface area contributed by atoms with Crippen LogP contribution in [0.5, 0.6) is 0 Å². The molecule has 0 fully saturated rings. The molecule has 1 aromatic heterocycles. The molecule has 1 heterocycles. The second-order valence-electron chi connectivity index (χ2n) is 6.05. The van der Waals surface area contributed by atoms with Crippen LogP contribution in [0, 0.1) is 0 Å². The van der Waals surface area contributed by atoms with E-state index in [0.29, 0.717) is 22.1 Å². The van der Waals surface area contributed by atoms with Crippen LogP contribution in [0.2, 0.25) is 0 Å². The molecule has 28 heavy (non-hydrogen) atoms. The van der Waals surface area contributed by atoms with Crippen LogP contribution in [-0.4, -0.2) is 31.5 Å². The van der Waals surface area contributed by atoms with E-state index in [1.54, 1.807) is 18.2 Å². The number of carbonyl (C=O) groups excluding carboxylic acids is 2. The van der Waals surface area contributed by atoms with Crippen LogP contribution in [0.25, 0.3) is 11.3 Å². The second-order valence-corrected chi connectivity index (χ2v) is 8.92. The summed E-state index contributed by atoms with van der Waals surface area (Å²) in [6.07, 6.45) is 1.11. The molecule has 3 aromatic rings. The monoisotopic (exact) mass is 415 g/mol. The smallest absolute Gasteiger partial charge is 0.255 e. The van der Waals surface area contributed by atoms with Crippen molar-refractivity contribution < 1.29 is 18.0 Å². The van der Waals surface area contributed by atoms with Gasteiger partial charge in [0.25, 0.3) is 5.91 Å². The highest BCUT2D eigenvalue weighted by Crippen LogP contribution is 2.27. The van der Waals surface area contributed by atoms with Gasteiger partial charge in [-0.25, -0.2) is 13.4 Å². The number of anilines is 2. The minimum Gasteiger partial charge on any atom is -0.322 e. The predicted molar refractivity (Wildman–Crippen MR) is 109 cm³/mol. The minimum atomic E-state index is -3.31. The Morgan fingerprint density at radius 1 is 1.04 bits per heavy atom. The standard InChI is InChI=1S/C19H17N3O4S2/c1-12(23)20-19-22-17(11-27-19)14-4-3-5-15(10-14)21-18(24)13-6-8-16(9-7-13)28(2,25)26/h3-11H,1-2H3,(H,21,24)(H,20,22,23). The van der Waals surface area contributed by atoms with Gasteiger partial charge in [-0.1, -0.05) is 12.1 Å². The lowest BCUT2D eigenvalue weighted by atomic mass is 10.1. The van der Waals surface area contributed by atoms with E-state index in [1.165, 1.54) is 42.5 Å². The summed E-state index contributed by atoms with van der Waals surface area (Å²) in [4.78, 5) is 28.1. The zero-order chi connectivity index (χ0) is 20.3. The summed E-state index contributed by atoms with van der Waals surface area (Å²) in [7, 11) is -3.31. The van der Waals surface area contributed by atoms with E-state index in [0.717, 1.165) is 11.8 Å². The first-order valence-electron chi connectivity index (χ1n) is 8.17. The Bertz CT molecular complexity index is 1140. The summed E-state index contributed by atoms with van der Waals surface area (Å²) < 4.78 is 23.0. The van der Waals surface area contributed by atoms with Gasteiger partial charge >= 0.3 is 0 Å². The third-order valence-electron chi connectivity index (χ3n) is 3.75. The molecule has 0 spiro atoms. The van der Waals surface area contributed by atoms with Gasteiger partial charge in [-0.05, 0) is 36.4 Å². The Morgan fingerprint density at radius 2 is 1.75 bits per heavy atom. The lowest BCUT2D eigenvalue weighted by Gasteiger charge is -2.07. The van der Waals surface area contributed by atoms with E-state index in [-0.39, 0.29) is 16.7 Å². The van der Waals surface area contributed by atoms with Crippen LogP contribution in [-0.2, 0) is 14.6 Å². The van der Waals surface area contributed by atoms with Crippen LogP contribution in [0.4, 0.5) is 10.8 Å². The van der Waals surface area contributed by atoms with Gasteiger partial charge < -0.3 is 10.6 Å². The van der Waals surface area contributed by atoms with E-state index >= 15 is 0 Å². The van der Waals surface area contributed by atoms with Gasteiger partial charge in [-0.3, -0.25) is 9.59 Å². The third-order valence-corrected chi connectivity index (χ3v) is 5.63. The molecular formula is C19H17N3O4S2. The van der Waals surface area contributed by atoms with Crippen molar-refractivity contribution in [2.24, 2.45) is 0 Å². The fraction of sp³-hybridized carbons (Fsp3) is 0.105. The normalized spacial score (nSPS) is 11.1. The molecule has 0 aliphatic carbocycles. The Morgan fingerprint density at radius 3 is 2.39 bits per heavy atom. The molecule has 144 valence electrons. The van der Waals surface area contributed by atoms with Crippen LogP contribution in [0.3, 0.4) is 0 Å². The van der Waals surface area contributed by atoms with Crippen LogP contribution in [0.1, 0.15) is 17.3 Å². The molecule has 0 unspecified atom stereocenters. The lowest BCUT2D eigenvalue weighted by molar-refractivity contribution is -0.114. The molecule has 3 rings (SSSR count). The summed E-state index contributed by atoms with van der Waals surface area (Å²) in [5.74, 6) is -0.543. The topological polar surface area (TPSA) is 105 Å². The molecule has 9 heteroatoms. The maximum atomic E-state index is 12.4. The number of nitrogens with one attached hydrogen (secondary N) is 2. The summed E-state index contributed by atoms with van der Waals surface area (Å²) in [6.45, 7) is 1.42. The van der Waals surface area contributed by atoms with E-state index in [1.807, 2.05) is 11.4 Å². The molecule has 0 aliphatic heterocycles. The average molecular weight is 415 g/mol. The van der Waals surface area contributed by atoms with E-state index in [2.05, 4.69) is 15.6 Å². The number of thiazole rings is 1. The number of nitrogens with zero attached hydrogens (tertiary/aromatic N) is 1. The number of rotatable bonds is 5. The maximum Gasteiger partial charge on any atom is 0.255 e. The van der Waals surface area contributed by atoms with E-state index in [4.69, 9.17) is 0 Å². The molecule has 0 radical (unpaired) electrons. The summed E-state index contributed by atoms with van der Waals surface area (Å²) >= 11 is 1.31. The van der Waals surface area contributed by atoms with Crippen molar-refractivity contribution in [2.45, 2.75) is 11.8 Å². The van der Waals surface area contributed by atoms with Crippen LogP contribution >= 0.6 is 11.3 Å². The average Bonchev–Trinajstić information content (AvgIpc) is 3.09. The highest BCUT2D eigenvalue weighted by Gasteiger charge is 2.11. The Labute approximate surface area is 166 Å². The molecule has 0 bridgehead atoms. The Hall–Kier alpha value is -3.04. The lowest BCUT2D eigenvalue weighted by Crippen LogP contribution is -2.12. The SMILES string of the molecule is CC(=O)Nc1nc(-c2cccc(NC(=O)c3ccc(S(C)(=O)=O)cc3)c2)cs1. The molecule has 0 saturated carbocycles. The van der Waals surface area contributed by atoms with Gasteiger partial charge in [0.1, 0.15) is 0 Å². The van der Waals surface area contributed by atoms with Gasteiger partial charge in [0.15, 0.2) is 15.0 Å². The predicted octanol–water partition coefficient (Wildman–Crippen LogP) is 3.42. The third kappa shape index (κ3) is 4.81. The van der Waals surface area contributed by atoms with Crippen molar-refractivity contribution in [2.75, 3.05) is 16.9 Å². The fourth-order valence-corrected chi connectivity index (χ4v) is 3.82. The van der Waals surface area contributed by atoms with Gasteiger partial charge in [-0.15, -0.1) is 11.3 Å². The van der Waals surface area contributed by atoms with Crippen molar-refractivity contribution in [3.8, 4) is 11.3 Å². The van der Waals surface area contributed by atoms with Gasteiger partial charge in [0.05, 0.1) is 10.6 Å². The molecule has 0 atom stereocenters. The molecule has 7 nitrogen and oxygen atoms in total. The zero-order valence-corrected chi connectivity index (χ0v) is 16.7. The number of aromatic nitrogens is 1. The number of sulfone groups is 1. The molecular weight excluding hydrogens is 398 g/mol. The quantitative estimate of drug-likeness (QED) is 0.664. The first-order chi connectivity index (χ1) is 13.2. The summed E-state index contributed by atoms with van der Waals surface area (Å²) in [5.41, 5.74) is 2.39. The van der Waals surface area contributed by atoms with Gasteiger partial charge in [0.2, 0.25) is 5.91 Å². The summed E-state index contributed by atoms with van der Waals surface area (Å²) in [5, 5.41) is 7.74. The molecule has 2 aromatic carbocycles. The van der Waals surface area contributed by atoms with E-state index in [9.17, 15) is 18.0 Å². The number of hydrogen-bond acceptors (Lipinski definition) is 6. The minimum absolute atomic E-state index is 0.157. The first-order valence-corrected chi connectivity index (χ1v) is 10.9. The number of benzene rings is 2. The number of amides is 2. The molecule has 2 amide bonds. The van der Waals surface area contributed by atoms with Gasteiger partial charge in [0, 0.05) is 35.4 Å². The molecule has 0 aliphatic rings. The van der Waals surface area contributed by atoms with Crippen LogP contribution in [0.15, 0.2) is 58.8 Å². The highest BCUT2D eigenvalue weighted by molar-refractivity contribution is 7.90. The van der Waals surface area contributed by atoms with Gasteiger partial charge in [-0.2, -0.15) is 0 Å². The zero-order valence-electron chi connectivity index (χ0n) is 15.1. The largest absolute Gasteiger partial charge is 0.322 e. The van der Waals surface area contributed by atoms with Crippen molar-refractivity contribution in [1.29, 1.82) is 0 Å². The van der Waals surface area contributed by atoms with Crippen molar-refractivity contribution in [3.63, 3.8) is 0 Å². The van der Waals surface area contributed by atoms with Crippen LogP contribution < -0.4 is 10.6 Å². The Kier molecular flexibility index (Phi) is 5.57. The molecule has 2 N–H and O–H groups in total. The fourth-order valence-electron chi connectivity index (χ4n) is 2.43. The molecule has 0 saturated heterocycles.